The fraction of sp³-hybridized carbons (Fsp3) is 0.647. The molecule has 0 spiro atoms. The number of halogens is 1. The lowest BCUT2D eigenvalue weighted by molar-refractivity contribution is -0.119. The predicted octanol–water partition coefficient (Wildman–Crippen LogP) is 1.45. The van der Waals surface area contributed by atoms with Crippen LogP contribution in [0.25, 0.3) is 0 Å². The highest BCUT2D eigenvalue weighted by Gasteiger charge is 2.32. The van der Waals surface area contributed by atoms with Crippen molar-refractivity contribution < 1.29 is 23.8 Å². The second kappa shape index (κ2) is 10.8. The number of ether oxygens (including phenoxy) is 1. The van der Waals surface area contributed by atoms with E-state index in [0.717, 1.165) is 0 Å². The maximum absolute atomic E-state index is 14.0. The Labute approximate surface area is 147 Å². The van der Waals surface area contributed by atoms with Crippen LogP contribution in [0.5, 0.6) is 0 Å². The monoisotopic (exact) mass is 357 g/mol. The van der Waals surface area contributed by atoms with E-state index in [1.54, 1.807) is 13.0 Å². The van der Waals surface area contributed by atoms with E-state index in [-0.39, 0.29) is 31.6 Å². The Balaban J connectivity index is 2.51. The van der Waals surface area contributed by atoms with Gasteiger partial charge in [-0.25, -0.2) is 9.18 Å². The minimum Gasteiger partial charge on any atom is -0.442 e. The molecule has 0 bridgehead atoms. The zero-order valence-corrected chi connectivity index (χ0v) is 15.0. The lowest BCUT2D eigenvalue weighted by Crippen LogP contribution is -2.33. The van der Waals surface area contributed by atoms with Gasteiger partial charge in [-0.1, -0.05) is 13.0 Å². The largest absolute Gasteiger partial charge is 0.442 e. The van der Waals surface area contributed by atoms with Gasteiger partial charge in [0.25, 0.3) is 0 Å². The standard InChI is InChI=1S/C17H28FN3O4/c1-4-14(8-13(18)9-19-7-6-15(23)5-2)21-11-16(25-17(21)24)10-20-12(3)22/h4,8,15-16,19,23H,5-7,9-11H2,1-3H3,(H,20,22)/b13-8+,14-4+. The summed E-state index contributed by atoms with van der Waals surface area (Å²) < 4.78 is 19.2. The fourth-order valence-electron chi connectivity index (χ4n) is 2.31. The van der Waals surface area contributed by atoms with Gasteiger partial charge in [-0.3, -0.25) is 9.69 Å². The average molecular weight is 357 g/mol. The van der Waals surface area contributed by atoms with Crippen LogP contribution in [0.15, 0.2) is 23.7 Å². The molecule has 0 radical (unpaired) electrons. The van der Waals surface area contributed by atoms with Gasteiger partial charge in [-0.2, -0.15) is 0 Å². The summed E-state index contributed by atoms with van der Waals surface area (Å²) >= 11 is 0. The highest BCUT2D eigenvalue weighted by Crippen LogP contribution is 2.19. The molecule has 1 fully saturated rings. The number of carbonyl (C=O) groups excluding carboxylic acids is 2. The molecule has 8 heteroatoms. The van der Waals surface area contributed by atoms with Gasteiger partial charge in [0, 0.05) is 19.2 Å². The molecule has 25 heavy (non-hydrogen) atoms. The first kappa shape index (κ1) is 21.1. The number of nitrogens with zero attached hydrogens (tertiary/aromatic N) is 1. The molecule has 0 aromatic rings. The number of cyclic esters (lactones) is 1. The molecular weight excluding hydrogens is 329 g/mol. The van der Waals surface area contributed by atoms with Crippen LogP contribution in [-0.4, -0.2) is 60.4 Å². The summed E-state index contributed by atoms with van der Waals surface area (Å²) in [6.45, 7) is 5.98. The van der Waals surface area contributed by atoms with Crippen molar-refractivity contribution in [1.82, 2.24) is 15.5 Å². The average Bonchev–Trinajstić information content (AvgIpc) is 2.95. The molecule has 1 saturated heterocycles. The Hall–Kier alpha value is -1.93. The van der Waals surface area contributed by atoms with Gasteiger partial charge in [0.2, 0.25) is 5.91 Å². The number of aliphatic hydroxyl groups is 1. The first-order chi connectivity index (χ1) is 11.9. The Morgan fingerprint density at radius 1 is 1.56 bits per heavy atom. The molecule has 1 aliphatic rings. The van der Waals surface area contributed by atoms with E-state index in [2.05, 4.69) is 10.6 Å². The second-order valence-electron chi connectivity index (χ2n) is 5.89. The van der Waals surface area contributed by atoms with Crippen molar-refractivity contribution in [1.29, 1.82) is 0 Å². The van der Waals surface area contributed by atoms with E-state index in [0.29, 0.717) is 25.1 Å². The van der Waals surface area contributed by atoms with E-state index in [4.69, 9.17) is 4.74 Å². The number of hydrogen-bond donors (Lipinski definition) is 3. The van der Waals surface area contributed by atoms with E-state index in [1.165, 1.54) is 17.9 Å². The van der Waals surface area contributed by atoms with Crippen LogP contribution in [0, 0.1) is 0 Å². The maximum atomic E-state index is 14.0. The summed E-state index contributed by atoms with van der Waals surface area (Å²) in [4.78, 5) is 24.2. The van der Waals surface area contributed by atoms with Crippen LogP contribution in [-0.2, 0) is 9.53 Å². The molecule has 0 saturated carbocycles. The van der Waals surface area contributed by atoms with Crippen LogP contribution in [0.3, 0.4) is 0 Å². The fourth-order valence-corrected chi connectivity index (χ4v) is 2.31. The van der Waals surface area contributed by atoms with Crippen molar-refractivity contribution in [2.24, 2.45) is 0 Å². The molecule has 0 aliphatic carbocycles. The molecule has 2 unspecified atom stereocenters. The normalized spacial score (nSPS) is 19.8. The van der Waals surface area contributed by atoms with Gasteiger partial charge >= 0.3 is 6.09 Å². The summed E-state index contributed by atoms with van der Waals surface area (Å²) in [5.74, 6) is -0.622. The number of allylic oxidation sites excluding steroid dienone is 2. The molecule has 1 heterocycles. The summed E-state index contributed by atoms with van der Waals surface area (Å²) in [5.41, 5.74) is 0.406. The van der Waals surface area contributed by atoms with Gasteiger partial charge < -0.3 is 20.5 Å². The van der Waals surface area contributed by atoms with Crippen LogP contribution in [0.4, 0.5) is 9.18 Å². The second-order valence-corrected chi connectivity index (χ2v) is 5.89. The van der Waals surface area contributed by atoms with Crippen LogP contribution >= 0.6 is 0 Å². The van der Waals surface area contributed by atoms with Crippen molar-refractivity contribution in [3.63, 3.8) is 0 Å². The molecule has 1 aliphatic heterocycles. The number of carbonyl (C=O) groups is 2. The summed E-state index contributed by atoms with van der Waals surface area (Å²) in [6, 6.07) is 0. The van der Waals surface area contributed by atoms with Crippen molar-refractivity contribution in [2.75, 3.05) is 26.2 Å². The highest BCUT2D eigenvalue weighted by atomic mass is 19.1. The first-order valence-corrected chi connectivity index (χ1v) is 8.51. The molecule has 1 rings (SSSR count). The van der Waals surface area contributed by atoms with Crippen molar-refractivity contribution in [2.45, 2.75) is 45.8 Å². The maximum Gasteiger partial charge on any atom is 0.414 e. The third kappa shape index (κ3) is 7.66. The lowest BCUT2D eigenvalue weighted by Gasteiger charge is -2.14. The Kier molecular flexibility index (Phi) is 9.15. The number of amides is 2. The molecule has 3 N–H and O–H groups in total. The van der Waals surface area contributed by atoms with E-state index in [1.807, 2.05) is 6.92 Å². The molecular formula is C17H28FN3O4. The van der Waals surface area contributed by atoms with Crippen molar-refractivity contribution in [3.8, 4) is 0 Å². The van der Waals surface area contributed by atoms with E-state index >= 15 is 0 Å². The number of hydrogen-bond acceptors (Lipinski definition) is 5. The first-order valence-electron chi connectivity index (χ1n) is 8.51. The Morgan fingerprint density at radius 2 is 2.28 bits per heavy atom. The quantitative estimate of drug-likeness (QED) is 0.407. The molecule has 142 valence electrons. The smallest absolute Gasteiger partial charge is 0.414 e. The summed E-state index contributed by atoms with van der Waals surface area (Å²) in [6.07, 6.45) is 2.73. The van der Waals surface area contributed by atoms with Crippen molar-refractivity contribution in [3.05, 3.63) is 23.7 Å². The number of nitrogens with one attached hydrogen (secondary N) is 2. The van der Waals surface area contributed by atoms with Crippen molar-refractivity contribution >= 4 is 12.0 Å². The number of rotatable bonds is 10. The van der Waals surface area contributed by atoms with Gasteiger partial charge in [-0.15, -0.1) is 0 Å². The van der Waals surface area contributed by atoms with Gasteiger partial charge in [-0.05, 0) is 32.4 Å². The molecule has 0 aromatic heterocycles. The van der Waals surface area contributed by atoms with Crippen LogP contribution in [0.1, 0.15) is 33.6 Å². The lowest BCUT2D eigenvalue weighted by atomic mass is 10.2. The minimum absolute atomic E-state index is 0.0198. The van der Waals surface area contributed by atoms with Gasteiger partial charge in [0.15, 0.2) is 0 Å². The molecule has 2 atom stereocenters. The van der Waals surface area contributed by atoms with Crippen LogP contribution in [0.2, 0.25) is 0 Å². The number of aliphatic hydroxyl groups excluding tert-OH is 1. The van der Waals surface area contributed by atoms with Gasteiger partial charge in [0.1, 0.15) is 11.9 Å². The summed E-state index contributed by atoms with van der Waals surface area (Å²) in [5, 5.41) is 14.9. The zero-order valence-electron chi connectivity index (χ0n) is 15.0. The Morgan fingerprint density at radius 3 is 2.88 bits per heavy atom. The SMILES string of the molecule is C/C=C(\C=C(\F)CNCCC(O)CC)N1CC(CNC(C)=O)OC1=O. The minimum atomic E-state index is -0.563. The zero-order chi connectivity index (χ0) is 18.8. The third-order valence-corrected chi connectivity index (χ3v) is 3.78. The van der Waals surface area contributed by atoms with E-state index < -0.39 is 18.0 Å². The molecule has 0 aromatic carbocycles. The molecule has 7 nitrogen and oxygen atoms in total. The third-order valence-electron chi connectivity index (χ3n) is 3.78. The topological polar surface area (TPSA) is 90.9 Å². The van der Waals surface area contributed by atoms with Crippen LogP contribution < -0.4 is 10.6 Å². The van der Waals surface area contributed by atoms with E-state index in [9.17, 15) is 19.1 Å². The highest BCUT2D eigenvalue weighted by molar-refractivity contribution is 5.74. The van der Waals surface area contributed by atoms with Gasteiger partial charge in [0.05, 0.1) is 19.2 Å². The summed E-state index contributed by atoms with van der Waals surface area (Å²) in [7, 11) is 0. The molecule has 2 amide bonds. The Bertz CT molecular complexity index is 522. The predicted molar refractivity (Wildman–Crippen MR) is 92.4 cm³/mol.